The van der Waals surface area contributed by atoms with Crippen LogP contribution in [0.4, 0.5) is 5.69 Å². The van der Waals surface area contributed by atoms with E-state index in [-0.39, 0.29) is 29.7 Å². The molecule has 1 saturated heterocycles. The molecule has 14 heteroatoms. The van der Waals surface area contributed by atoms with Crippen LogP contribution < -0.4 is 10.6 Å². The van der Waals surface area contributed by atoms with E-state index in [1.165, 1.54) is 40.3 Å². The number of aromatic nitrogens is 3. The van der Waals surface area contributed by atoms with Gasteiger partial charge in [-0.1, -0.05) is 23.9 Å². The molecule has 47 heavy (non-hydrogen) atoms. The maximum Gasteiger partial charge on any atom is 0.338 e. The first-order chi connectivity index (χ1) is 22.6. The Morgan fingerprint density at radius 1 is 0.915 bits per heavy atom. The predicted molar refractivity (Wildman–Crippen MR) is 178 cm³/mol. The maximum atomic E-state index is 13.1. The molecule has 0 bridgehead atoms. The summed E-state index contributed by atoms with van der Waals surface area (Å²) in [4.78, 5) is 38.0. The number of hydrogen-bond donors (Lipinski definition) is 2. The highest BCUT2D eigenvalue weighted by Crippen LogP contribution is 2.26. The molecule has 3 aromatic carbocycles. The summed E-state index contributed by atoms with van der Waals surface area (Å²) in [5.41, 5.74) is 4.01. The minimum Gasteiger partial charge on any atom is -0.462 e. The number of hydrogen-bond acceptors (Lipinski definition) is 9. The number of rotatable bonds is 12. The Bertz CT molecular complexity index is 1870. The highest BCUT2D eigenvalue weighted by atomic mass is 32.2. The van der Waals surface area contributed by atoms with Gasteiger partial charge in [-0.2, -0.15) is 4.31 Å². The van der Waals surface area contributed by atoms with E-state index in [1.54, 1.807) is 31.2 Å². The van der Waals surface area contributed by atoms with Crippen LogP contribution in [0.3, 0.4) is 0 Å². The molecule has 0 atom stereocenters. The third-order valence-electron chi connectivity index (χ3n) is 7.54. The third-order valence-corrected chi connectivity index (χ3v) is 10.4. The van der Waals surface area contributed by atoms with E-state index in [0.29, 0.717) is 40.9 Å². The Morgan fingerprint density at radius 2 is 1.60 bits per heavy atom. The fraction of sp³-hybridized carbons (Fsp3) is 0.303. The lowest BCUT2D eigenvalue weighted by atomic mass is 10.1. The summed E-state index contributed by atoms with van der Waals surface area (Å²) in [6.45, 7) is 6.97. The molecule has 0 saturated carbocycles. The second-order valence-corrected chi connectivity index (χ2v) is 13.9. The van der Waals surface area contributed by atoms with Gasteiger partial charge in [-0.05, 0) is 99.3 Å². The molecule has 0 radical (unpaired) electrons. The second kappa shape index (κ2) is 14.9. The standard InChI is InChI=1S/C33H36N6O6S2/c1-4-45-32(42)25-9-13-26(14-10-25)35-30(40)21-46-33-37-36-29(39(33)28-19-22(2)7-8-23(28)3)20-34-31(41)24-11-15-27(16-12-24)47(43,44)38-17-5-6-18-38/h7-16,19H,4-6,17-18,20-21H2,1-3H3,(H,34,41)(H,35,40). The molecule has 0 spiro atoms. The zero-order chi connectivity index (χ0) is 33.6. The molecular weight excluding hydrogens is 641 g/mol. The van der Waals surface area contributed by atoms with Crippen LogP contribution >= 0.6 is 11.8 Å². The van der Waals surface area contributed by atoms with Crippen molar-refractivity contribution in [3.63, 3.8) is 0 Å². The molecule has 1 aliphatic heterocycles. The first-order valence-electron chi connectivity index (χ1n) is 15.2. The van der Waals surface area contributed by atoms with E-state index in [4.69, 9.17) is 4.74 Å². The van der Waals surface area contributed by atoms with Crippen LogP contribution in [0.5, 0.6) is 0 Å². The van der Waals surface area contributed by atoms with E-state index in [0.717, 1.165) is 29.7 Å². The smallest absolute Gasteiger partial charge is 0.338 e. The van der Waals surface area contributed by atoms with Crippen molar-refractivity contribution >= 4 is 45.3 Å². The van der Waals surface area contributed by atoms with Gasteiger partial charge in [-0.15, -0.1) is 10.2 Å². The number of sulfonamides is 1. The lowest BCUT2D eigenvalue weighted by Crippen LogP contribution is -2.28. The van der Waals surface area contributed by atoms with Gasteiger partial charge in [0, 0.05) is 24.3 Å². The average molecular weight is 677 g/mol. The number of nitrogens with one attached hydrogen (secondary N) is 2. The maximum absolute atomic E-state index is 13.1. The lowest BCUT2D eigenvalue weighted by molar-refractivity contribution is -0.113. The highest BCUT2D eigenvalue weighted by Gasteiger charge is 2.27. The first-order valence-corrected chi connectivity index (χ1v) is 17.6. The largest absolute Gasteiger partial charge is 0.462 e. The van der Waals surface area contributed by atoms with E-state index in [2.05, 4.69) is 20.8 Å². The molecule has 5 rings (SSSR count). The number of benzene rings is 3. The number of ether oxygens (including phenoxy) is 1. The Kier molecular flexibility index (Phi) is 10.7. The van der Waals surface area contributed by atoms with Gasteiger partial charge >= 0.3 is 5.97 Å². The van der Waals surface area contributed by atoms with Crippen molar-refractivity contribution in [2.75, 3.05) is 30.8 Å². The van der Waals surface area contributed by atoms with Gasteiger partial charge < -0.3 is 15.4 Å². The van der Waals surface area contributed by atoms with Gasteiger partial charge in [-0.3, -0.25) is 14.2 Å². The van der Waals surface area contributed by atoms with E-state index < -0.39 is 21.9 Å². The van der Waals surface area contributed by atoms with Crippen LogP contribution in [-0.4, -0.2) is 70.7 Å². The van der Waals surface area contributed by atoms with Gasteiger partial charge in [0.15, 0.2) is 11.0 Å². The number of anilines is 1. The van der Waals surface area contributed by atoms with Gasteiger partial charge in [0.05, 0.1) is 35.1 Å². The number of carbonyl (C=O) groups is 3. The molecule has 0 aliphatic carbocycles. The predicted octanol–water partition coefficient (Wildman–Crippen LogP) is 4.51. The van der Waals surface area contributed by atoms with Gasteiger partial charge in [0.2, 0.25) is 15.9 Å². The lowest BCUT2D eigenvalue weighted by Gasteiger charge is -2.16. The SMILES string of the molecule is CCOC(=O)c1ccc(NC(=O)CSc2nnc(CNC(=O)c3ccc(S(=O)(=O)N4CCCC4)cc3)n2-c2cc(C)ccc2C)cc1. The number of aryl methyl sites for hydroxylation is 2. The topological polar surface area (TPSA) is 153 Å². The summed E-state index contributed by atoms with van der Waals surface area (Å²) in [6, 6.07) is 18.3. The van der Waals surface area contributed by atoms with Crippen LogP contribution in [-0.2, 0) is 26.1 Å². The zero-order valence-electron chi connectivity index (χ0n) is 26.4. The minimum absolute atomic E-state index is 0.0294. The normalized spacial score (nSPS) is 13.3. The minimum atomic E-state index is -3.58. The van der Waals surface area contributed by atoms with E-state index in [9.17, 15) is 22.8 Å². The molecule has 0 unspecified atom stereocenters. The summed E-state index contributed by atoms with van der Waals surface area (Å²) in [7, 11) is -3.58. The van der Waals surface area contributed by atoms with Crippen molar-refractivity contribution in [2.24, 2.45) is 0 Å². The molecule has 2 amide bonds. The van der Waals surface area contributed by atoms with Gasteiger partial charge in [0.1, 0.15) is 0 Å². The van der Waals surface area contributed by atoms with Crippen LogP contribution in [0.2, 0.25) is 0 Å². The highest BCUT2D eigenvalue weighted by molar-refractivity contribution is 7.99. The first kappa shape index (κ1) is 33.8. The molecular formula is C33H36N6O6S2. The molecule has 246 valence electrons. The summed E-state index contributed by atoms with van der Waals surface area (Å²) in [5, 5.41) is 14.8. The zero-order valence-corrected chi connectivity index (χ0v) is 28.0. The summed E-state index contributed by atoms with van der Waals surface area (Å²) < 4.78 is 34.0. The molecule has 1 aliphatic rings. The Hall–Kier alpha value is -4.53. The van der Waals surface area contributed by atoms with Crippen molar-refractivity contribution in [1.29, 1.82) is 0 Å². The number of amides is 2. The van der Waals surface area contributed by atoms with E-state index >= 15 is 0 Å². The molecule has 1 aromatic heterocycles. The Labute approximate surface area is 278 Å². The number of nitrogens with zero attached hydrogens (tertiary/aromatic N) is 4. The second-order valence-electron chi connectivity index (χ2n) is 11.0. The Morgan fingerprint density at radius 3 is 2.28 bits per heavy atom. The van der Waals surface area contributed by atoms with Crippen molar-refractivity contribution in [1.82, 2.24) is 24.4 Å². The van der Waals surface area contributed by atoms with Crippen LogP contribution in [0.1, 0.15) is 57.4 Å². The summed E-state index contributed by atoms with van der Waals surface area (Å²) >= 11 is 1.19. The van der Waals surface area contributed by atoms with Crippen molar-refractivity contribution in [3.05, 3.63) is 94.8 Å². The number of carbonyl (C=O) groups excluding carboxylic acids is 3. The number of thioether (sulfide) groups is 1. The average Bonchev–Trinajstić information content (AvgIpc) is 3.76. The quantitative estimate of drug-likeness (QED) is 0.163. The number of esters is 1. The van der Waals surface area contributed by atoms with E-state index in [1.807, 2.05) is 36.6 Å². The molecule has 12 nitrogen and oxygen atoms in total. The van der Waals surface area contributed by atoms with Crippen LogP contribution in [0.15, 0.2) is 76.8 Å². The Balaban J connectivity index is 1.28. The van der Waals surface area contributed by atoms with Gasteiger partial charge in [0.25, 0.3) is 5.91 Å². The summed E-state index contributed by atoms with van der Waals surface area (Å²) in [5.74, 6) is -0.618. The fourth-order valence-electron chi connectivity index (χ4n) is 5.06. The fourth-order valence-corrected chi connectivity index (χ4v) is 7.34. The summed E-state index contributed by atoms with van der Waals surface area (Å²) in [6.07, 6.45) is 1.68. The molecule has 4 aromatic rings. The molecule has 2 heterocycles. The van der Waals surface area contributed by atoms with Crippen molar-refractivity contribution in [3.8, 4) is 5.69 Å². The van der Waals surface area contributed by atoms with Crippen LogP contribution in [0.25, 0.3) is 5.69 Å². The van der Waals surface area contributed by atoms with Crippen LogP contribution in [0, 0.1) is 13.8 Å². The monoisotopic (exact) mass is 676 g/mol. The van der Waals surface area contributed by atoms with Crippen molar-refractivity contribution in [2.45, 2.75) is 50.2 Å². The van der Waals surface area contributed by atoms with Gasteiger partial charge in [-0.25, -0.2) is 13.2 Å². The molecule has 2 N–H and O–H groups in total. The molecule has 1 fully saturated rings. The third kappa shape index (κ3) is 8.07. The van der Waals surface area contributed by atoms with Crippen molar-refractivity contribution < 1.29 is 27.5 Å².